The maximum Gasteiger partial charge on any atom is 0.238 e. The van der Waals surface area contributed by atoms with Crippen molar-refractivity contribution >= 4 is 29.0 Å². The Morgan fingerprint density at radius 3 is 2.90 bits per heavy atom. The molecule has 0 spiro atoms. The van der Waals surface area contributed by atoms with Gasteiger partial charge in [-0.2, -0.15) is 11.8 Å². The van der Waals surface area contributed by atoms with Crippen molar-refractivity contribution in [2.75, 3.05) is 19.3 Å². The second kappa shape index (κ2) is 6.08. The molecule has 1 unspecified atom stereocenters. The normalized spacial score (nSPS) is 26.1. The quantitative estimate of drug-likeness (QED) is 0.926. The van der Waals surface area contributed by atoms with Crippen LogP contribution in [0.5, 0.6) is 0 Å². The minimum absolute atomic E-state index is 0.0912. The number of nitrogens with one attached hydrogen (secondary N) is 1. The third-order valence-corrected chi connectivity index (χ3v) is 6.88. The van der Waals surface area contributed by atoms with Gasteiger partial charge in [-0.25, -0.2) is 0 Å². The molecule has 1 N–H and O–H groups in total. The molecule has 2 heterocycles. The van der Waals surface area contributed by atoms with Gasteiger partial charge in [-0.3, -0.25) is 10.1 Å². The highest BCUT2D eigenvalue weighted by atomic mass is 32.2. The molecule has 0 radical (unpaired) electrons. The average Bonchev–Trinajstić information content (AvgIpc) is 3.11. The third kappa shape index (κ3) is 2.76. The maximum atomic E-state index is 12.3. The Hall–Kier alpha value is -0.520. The highest BCUT2D eigenvalue weighted by Gasteiger charge is 2.40. The van der Waals surface area contributed by atoms with Crippen LogP contribution in [-0.2, 0) is 4.79 Å². The molecular weight excluding hydrogens is 288 g/mol. The molecule has 20 heavy (non-hydrogen) atoms. The van der Waals surface area contributed by atoms with Crippen molar-refractivity contribution in [1.82, 2.24) is 10.2 Å². The molecule has 0 aromatic carbocycles. The van der Waals surface area contributed by atoms with Crippen LogP contribution in [0, 0.1) is 0 Å². The zero-order valence-corrected chi connectivity index (χ0v) is 13.6. The molecule has 2 aliphatic rings. The molecule has 3 rings (SSSR count). The van der Waals surface area contributed by atoms with Gasteiger partial charge < -0.3 is 4.90 Å². The van der Waals surface area contributed by atoms with E-state index in [-0.39, 0.29) is 16.8 Å². The van der Waals surface area contributed by atoms with Gasteiger partial charge in [-0.15, -0.1) is 11.3 Å². The standard InChI is InChI=1S/C15H22N2OS2/c1-19-15(7-3-2-4-8-15)11-17-13(18)10-16-14(17)12-6-5-9-20-12/h5-6,9,14,16H,2-4,7-8,10-11H2,1H3. The summed E-state index contributed by atoms with van der Waals surface area (Å²) in [5.74, 6) is 0.252. The number of hydrogen-bond donors (Lipinski definition) is 1. The summed E-state index contributed by atoms with van der Waals surface area (Å²) in [6, 6.07) is 4.19. The number of carbonyl (C=O) groups is 1. The van der Waals surface area contributed by atoms with Gasteiger partial charge in [0.2, 0.25) is 5.91 Å². The van der Waals surface area contributed by atoms with Crippen LogP contribution in [0.2, 0.25) is 0 Å². The van der Waals surface area contributed by atoms with Gasteiger partial charge in [0.05, 0.1) is 6.54 Å². The van der Waals surface area contributed by atoms with Crippen molar-refractivity contribution in [2.45, 2.75) is 43.0 Å². The van der Waals surface area contributed by atoms with E-state index in [4.69, 9.17) is 0 Å². The van der Waals surface area contributed by atoms with Gasteiger partial charge in [-0.05, 0) is 30.5 Å². The Balaban J connectivity index is 1.78. The molecule has 1 amide bonds. The van der Waals surface area contributed by atoms with Crippen LogP contribution in [0.1, 0.15) is 43.1 Å². The molecule has 1 saturated carbocycles. The van der Waals surface area contributed by atoms with E-state index in [0.717, 1.165) is 6.54 Å². The lowest BCUT2D eigenvalue weighted by atomic mass is 9.87. The molecule has 110 valence electrons. The number of hydrogen-bond acceptors (Lipinski definition) is 4. The van der Waals surface area contributed by atoms with Gasteiger partial charge in [-0.1, -0.05) is 25.3 Å². The molecule has 1 aromatic rings. The van der Waals surface area contributed by atoms with E-state index >= 15 is 0 Å². The Kier molecular flexibility index (Phi) is 4.38. The summed E-state index contributed by atoms with van der Waals surface area (Å²) in [7, 11) is 0. The van der Waals surface area contributed by atoms with Crippen molar-refractivity contribution in [2.24, 2.45) is 0 Å². The van der Waals surface area contributed by atoms with Crippen molar-refractivity contribution in [1.29, 1.82) is 0 Å². The second-order valence-corrected chi connectivity index (χ2v) is 8.02. The van der Waals surface area contributed by atoms with Crippen LogP contribution in [0.4, 0.5) is 0 Å². The minimum Gasteiger partial charge on any atom is -0.320 e. The van der Waals surface area contributed by atoms with Gasteiger partial charge in [0.15, 0.2) is 0 Å². The summed E-state index contributed by atoms with van der Waals surface area (Å²) < 4.78 is 0.273. The van der Waals surface area contributed by atoms with Crippen LogP contribution in [-0.4, -0.2) is 34.9 Å². The molecule has 5 heteroatoms. The maximum absolute atomic E-state index is 12.3. The summed E-state index contributed by atoms with van der Waals surface area (Å²) in [5.41, 5.74) is 0. The zero-order chi connectivity index (χ0) is 14.0. The first-order chi connectivity index (χ1) is 9.74. The van der Waals surface area contributed by atoms with Crippen LogP contribution in [0.15, 0.2) is 17.5 Å². The van der Waals surface area contributed by atoms with Crippen molar-refractivity contribution in [3.8, 4) is 0 Å². The highest BCUT2D eigenvalue weighted by molar-refractivity contribution is 8.00. The second-order valence-electron chi connectivity index (χ2n) is 5.77. The lowest BCUT2D eigenvalue weighted by Gasteiger charge is -2.40. The van der Waals surface area contributed by atoms with E-state index in [2.05, 4.69) is 34.0 Å². The van der Waals surface area contributed by atoms with Crippen LogP contribution < -0.4 is 5.32 Å². The predicted molar refractivity (Wildman–Crippen MR) is 86.1 cm³/mol. The van der Waals surface area contributed by atoms with Crippen molar-refractivity contribution < 1.29 is 4.79 Å². The molecule has 0 bridgehead atoms. The summed E-state index contributed by atoms with van der Waals surface area (Å²) >= 11 is 3.69. The first-order valence-corrected chi connectivity index (χ1v) is 9.46. The number of carbonyl (C=O) groups excluding carboxylic acids is 1. The monoisotopic (exact) mass is 310 g/mol. The molecule has 1 aliphatic heterocycles. The summed E-state index contributed by atoms with van der Waals surface area (Å²) in [4.78, 5) is 15.6. The average molecular weight is 310 g/mol. The molecule has 3 nitrogen and oxygen atoms in total. The Morgan fingerprint density at radius 2 is 2.25 bits per heavy atom. The van der Waals surface area contributed by atoms with Crippen LogP contribution >= 0.6 is 23.1 Å². The molecular formula is C15H22N2OS2. The largest absolute Gasteiger partial charge is 0.320 e. The smallest absolute Gasteiger partial charge is 0.238 e. The molecule has 2 fully saturated rings. The Morgan fingerprint density at radius 1 is 1.45 bits per heavy atom. The molecule has 1 aliphatic carbocycles. The van der Waals surface area contributed by atoms with Gasteiger partial charge >= 0.3 is 0 Å². The number of rotatable bonds is 4. The zero-order valence-electron chi connectivity index (χ0n) is 11.9. The van der Waals surface area contributed by atoms with Crippen molar-refractivity contribution in [3.63, 3.8) is 0 Å². The van der Waals surface area contributed by atoms with E-state index < -0.39 is 0 Å². The minimum atomic E-state index is 0.0912. The Bertz CT molecular complexity index is 454. The number of thioether (sulfide) groups is 1. The fourth-order valence-corrected chi connectivity index (χ4v) is 5.13. The van der Waals surface area contributed by atoms with Crippen LogP contribution in [0.25, 0.3) is 0 Å². The van der Waals surface area contributed by atoms with Gasteiger partial charge in [0.25, 0.3) is 0 Å². The number of thiophene rings is 1. The first kappa shape index (κ1) is 14.4. The summed E-state index contributed by atoms with van der Waals surface area (Å²) in [6.07, 6.45) is 8.75. The fraction of sp³-hybridized carbons (Fsp3) is 0.667. The number of nitrogens with zero attached hydrogens (tertiary/aromatic N) is 1. The summed E-state index contributed by atoms with van der Waals surface area (Å²) in [6.45, 7) is 1.37. The Labute approximate surface area is 129 Å². The predicted octanol–water partition coefficient (Wildman–Crippen LogP) is 3.24. The van der Waals surface area contributed by atoms with E-state index in [1.165, 1.54) is 37.0 Å². The van der Waals surface area contributed by atoms with E-state index in [1.807, 2.05) is 11.8 Å². The fourth-order valence-electron chi connectivity index (χ4n) is 3.35. The summed E-state index contributed by atoms with van der Waals surface area (Å²) in [5, 5.41) is 5.45. The molecule has 1 saturated heterocycles. The molecule has 1 atom stereocenters. The van der Waals surface area contributed by atoms with Crippen molar-refractivity contribution in [3.05, 3.63) is 22.4 Å². The first-order valence-electron chi connectivity index (χ1n) is 7.35. The van der Waals surface area contributed by atoms with Crippen LogP contribution in [0.3, 0.4) is 0 Å². The SMILES string of the molecule is CSC1(CN2C(=O)CNC2c2cccs2)CCCCC1. The van der Waals surface area contributed by atoms with Gasteiger partial charge in [0, 0.05) is 16.2 Å². The lowest BCUT2D eigenvalue weighted by molar-refractivity contribution is -0.128. The lowest BCUT2D eigenvalue weighted by Crippen LogP contribution is -2.44. The third-order valence-electron chi connectivity index (χ3n) is 4.55. The van der Waals surface area contributed by atoms with E-state index in [9.17, 15) is 4.79 Å². The topological polar surface area (TPSA) is 32.3 Å². The van der Waals surface area contributed by atoms with E-state index in [1.54, 1.807) is 11.3 Å². The molecule has 1 aromatic heterocycles. The van der Waals surface area contributed by atoms with E-state index in [0.29, 0.717) is 6.54 Å². The number of amides is 1. The highest BCUT2D eigenvalue weighted by Crippen LogP contribution is 2.41. The van der Waals surface area contributed by atoms with Gasteiger partial charge in [0.1, 0.15) is 6.17 Å².